The van der Waals surface area contributed by atoms with Gasteiger partial charge in [-0.15, -0.1) is 5.10 Å². The SMILES string of the molecule is CO[C@H]1C[C@@H]2CC[C@@H](C)[C@@](O)(O2)C(=O)C(=O)N2CCCC[C@H]2C(=O)O[C@H]([C@H](C)C[C@@H]2CCC(n3cnnn3)[C@H](OC)C2)CC(=O)[C@H](C)/C=C(\C)[C@@H](O)[C@@H](OC)C(=O)[C@H](C)C[C@H](C)/C=C/C(O)C(O)/C=C/1C. The van der Waals surface area contributed by atoms with Crippen LogP contribution < -0.4 is 0 Å². The molecule has 1 aliphatic carbocycles. The molecule has 1 amide bonds. The van der Waals surface area contributed by atoms with Crippen LogP contribution in [0.5, 0.6) is 0 Å². The highest BCUT2D eigenvalue weighted by Gasteiger charge is 2.53. The number of aliphatic hydroxyl groups excluding tert-OH is 3. The normalized spacial score (nSPS) is 39.9. The van der Waals surface area contributed by atoms with E-state index in [1.807, 2.05) is 13.8 Å². The Morgan fingerprint density at radius 3 is 2.24 bits per heavy atom. The predicted octanol–water partition coefficient (Wildman–Crippen LogP) is 4.21. The fourth-order valence-electron chi connectivity index (χ4n) is 11.0. The summed E-state index contributed by atoms with van der Waals surface area (Å²) >= 11 is 0. The Morgan fingerprint density at radius 1 is 0.845 bits per heavy atom. The van der Waals surface area contributed by atoms with Gasteiger partial charge < -0.3 is 49.0 Å². The standard InChI is InChI=1S/C52H81N5O14/c1-29-14-19-40(58)42(60)24-32(4)43(67-8)26-37-17-15-35(7)52(66,71-37)49(63)50(64)56-20-12-11-13-39(56)51(65)70-44(31(3)23-36-16-18-38(45(25-36)68-9)57-28-53-54-55-57)27-41(59)30(2)22-34(6)47(62)48(69-10)46(61)33(5)21-29/h14,19,22,24,28-31,33,35-40,42-45,47-48,58,60,62,66H,11-13,15-18,20-21,23,25-27H2,1-10H3/b19-14+,32-24+,34-22+/t29-,30-,31-,33-,35-,36+,37+,38?,39+,40?,42?,43+,44+,45-,47-,48+,52-/m1/s1. The number of nitrogens with zero attached hydrogens (tertiary/aromatic N) is 5. The minimum Gasteiger partial charge on any atom is -0.460 e. The average Bonchev–Trinajstić information content (AvgIpc) is 3.90. The van der Waals surface area contributed by atoms with Crippen LogP contribution in [0.4, 0.5) is 0 Å². The van der Waals surface area contributed by atoms with E-state index in [1.165, 1.54) is 26.4 Å². The highest BCUT2D eigenvalue weighted by Crippen LogP contribution is 2.39. The van der Waals surface area contributed by atoms with Gasteiger partial charge in [0.25, 0.3) is 11.7 Å². The number of Topliss-reactive ketones (excluding diaryl/α,β-unsaturated/α-hetero) is 3. The highest BCUT2D eigenvalue weighted by atomic mass is 16.6. The summed E-state index contributed by atoms with van der Waals surface area (Å²) < 4.78 is 31.4. The Balaban J connectivity index is 1.47. The molecule has 3 unspecified atom stereocenters. The summed E-state index contributed by atoms with van der Waals surface area (Å²) in [6.07, 6.45) is 4.93. The van der Waals surface area contributed by atoms with Crippen molar-refractivity contribution in [3.63, 3.8) is 0 Å². The van der Waals surface area contributed by atoms with Gasteiger partial charge in [-0.25, -0.2) is 9.48 Å². The van der Waals surface area contributed by atoms with Gasteiger partial charge >= 0.3 is 5.97 Å². The average molecular weight is 1000 g/mol. The molecule has 1 aromatic heterocycles. The number of tetrazole rings is 1. The number of fused-ring (bicyclic) bond motifs is 3. The summed E-state index contributed by atoms with van der Waals surface area (Å²) in [5, 5.41) is 57.1. The Kier molecular flexibility index (Phi) is 21.4. The molecule has 1 aromatic rings. The maximum absolute atomic E-state index is 14.5. The molecule has 5 rings (SSSR count). The maximum Gasteiger partial charge on any atom is 0.329 e. The van der Waals surface area contributed by atoms with E-state index in [-0.39, 0.29) is 67.3 Å². The lowest BCUT2D eigenvalue weighted by atomic mass is 9.77. The molecule has 4 heterocycles. The molecule has 19 heteroatoms. The van der Waals surface area contributed by atoms with Crippen molar-refractivity contribution in [2.24, 2.45) is 35.5 Å². The number of amides is 1. The van der Waals surface area contributed by atoms with Crippen LogP contribution in [0.2, 0.25) is 0 Å². The Hall–Kier alpha value is -4.08. The predicted molar refractivity (Wildman–Crippen MR) is 259 cm³/mol. The number of ether oxygens (including phenoxy) is 5. The molecular formula is C52H81N5O14. The van der Waals surface area contributed by atoms with Crippen LogP contribution in [0.3, 0.4) is 0 Å². The molecule has 0 aromatic carbocycles. The van der Waals surface area contributed by atoms with Crippen LogP contribution >= 0.6 is 0 Å². The number of allylic oxidation sites excluding steroid dienone is 2. The zero-order valence-corrected chi connectivity index (χ0v) is 43.4. The van der Waals surface area contributed by atoms with E-state index >= 15 is 0 Å². The molecule has 2 bridgehead atoms. The van der Waals surface area contributed by atoms with Gasteiger partial charge in [0.05, 0.1) is 24.4 Å². The molecule has 398 valence electrons. The summed E-state index contributed by atoms with van der Waals surface area (Å²) in [7, 11) is 4.45. The molecule has 0 radical (unpaired) electrons. The van der Waals surface area contributed by atoms with Crippen LogP contribution in [0.15, 0.2) is 41.8 Å². The summed E-state index contributed by atoms with van der Waals surface area (Å²) in [6, 6.07) is -1.25. The van der Waals surface area contributed by atoms with Crippen LogP contribution in [0.25, 0.3) is 0 Å². The quantitative estimate of drug-likeness (QED) is 0.169. The smallest absolute Gasteiger partial charge is 0.329 e. The van der Waals surface area contributed by atoms with E-state index < -0.39 is 90.0 Å². The zero-order chi connectivity index (χ0) is 52.3. The largest absolute Gasteiger partial charge is 0.460 e. The van der Waals surface area contributed by atoms with Crippen molar-refractivity contribution < 1.29 is 68.1 Å². The molecule has 4 N–H and O–H groups in total. The fourth-order valence-corrected chi connectivity index (χ4v) is 11.0. The van der Waals surface area contributed by atoms with Crippen molar-refractivity contribution in [3.05, 3.63) is 41.8 Å². The molecule has 71 heavy (non-hydrogen) atoms. The van der Waals surface area contributed by atoms with E-state index in [4.69, 9.17) is 23.7 Å². The number of carbonyl (C=O) groups excluding carboxylic acids is 5. The monoisotopic (exact) mass is 1000 g/mol. The molecule has 17 atom stereocenters. The van der Waals surface area contributed by atoms with Crippen molar-refractivity contribution in [1.82, 2.24) is 25.1 Å². The van der Waals surface area contributed by atoms with Gasteiger partial charge in [-0.3, -0.25) is 19.2 Å². The molecular weight excluding hydrogens is 919 g/mol. The lowest BCUT2D eigenvalue weighted by Crippen LogP contribution is -2.61. The third-order valence-electron chi connectivity index (χ3n) is 15.6. The lowest BCUT2D eigenvalue weighted by Gasteiger charge is -2.42. The van der Waals surface area contributed by atoms with Gasteiger partial charge in [0, 0.05) is 58.5 Å². The van der Waals surface area contributed by atoms with Crippen LogP contribution in [0.1, 0.15) is 132 Å². The van der Waals surface area contributed by atoms with E-state index in [9.17, 15) is 44.4 Å². The summed E-state index contributed by atoms with van der Waals surface area (Å²) in [4.78, 5) is 72.4. The van der Waals surface area contributed by atoms with Crippen molar-refractivity contribution in [1.29, 1.82) is 0 Å². The fraction of sp³-hybridized carbons (Fsp3) is 0.769. The molecule has 3 aliphatic heterocycles. The number of cyclic esters (lactones) is 1. The van der Waals surface area contributed by atoms with Crippen LogP contribution in [-0.4, -0.2) is 163 Å². The van der Waals surface area contributed by atoms with Crippen molar-refractivity contribution in [3.8, 4) is 0 Å². The molecule has 1 saturated carbocycles. The van der Waals surface area contributed by atoms with Gasteiger partial charge in [-0.1, -0.05) is 58.9 Å². The first-order valence-corrected chi connectivity index (χ1v) is 25.6. The van der Waals surface area contributed by atoms with E-state index in [1.54, 1.807) is 64.9 Å². The number of piperidine rings is 1. The Morgan fingerprint density at radius 2 is 1.58 bits per heavy atom. The number of hydrogen-bond donors (Lipinski definition) is 4. The zero-order valence-electron chi connectivity index (χ0n) is 43.4. The first kappa shape index (κ1) is 57.8. The first-order chi connectivity index (χ1) is 33.6. The molecule has 19 nitrogen and oxygen atoms in total. The number of rotatable bonds is 7. The first-order valence-electron chi connectivity index (χ1n) is 25.6. The number of ketones is 3. The number of aliphatic hydroxyl groups is 4. The second-order valence-corrected chi connectivity index (χ2v) is 21.0. The topological polar surface area (TPSA) is 259 Å². The second-order valence-electron chi connectivity index (χ2n) is 21.0. The van der Waals surface area contributed by atoms with Gasteiger partial charge in [0.2, 0.25) is 5.79 Å². The van der Waals surface area contributed by atoms with Gasteiger partial charge in [0.1, 0.15) is 48.7 Å². The summed E-state index contributed by atoms with van der Waals surface area (Å²) in [5.41, 5.74) is 0.888. The number of esters is 1. The minimum atomic E-state index is -2.52. The summed E-state index contributed by atoms with van der Waals surface area (Å²) in [6.45, 7) is 12.2. The van der Waals surface area contributed by atoms with Crippen LogP contribution in [0, 0.1) is 35.5 Å². The molecule has 3 fully saturated rings. The van der Waals surface area contributed by atoms with Crippen LogP contribution in [-0.2, 0) is 47.7 Å². The van der Waals surface area contributed by atoms with E-state index in [0.29, 0.717) is 56.1 Å². The molecule has 0 spiro atoms. The maximum atomic E-state index is 14.5. The van der Waals surface area contributed by atoms with Gasteiger partial charge in [-0.2, -0.15) is 0 Å². The third kappa shape index (κ3) is 14.6. The Bertz CT molecular complexity index is 2050. The lowest BCUT2D eigenvalue weighted by molar-refractivity contribution is -0.265. The van der Waals surface area contributed by atoms with E-state index in [0.717, 1.165) is 17.7 Å². The van der Waals surface area contributed by atoms with E-state index in [2.05, 4.69) is 15.5 Å². The number of methoxy groups -OCH3 is 3. The minimum absolute atomic E-state index is 0.0471. The van der Waals surface area contributed by atoms with Crippen molar-refractivity contribution >= 4 is 29.2 Å². The van der Waals surface area contributed by atoms with Gasteiger partial charge in [-0.05, 0) is 117 Å². The number of carbonyl (C=O) groups is 5. The molecule has 2 saturated heterocycles. The third-order valence-corrected chi connectivity index (χ3v) is 15.6. The second kappa shape index (κ2) is 26.2. The Labute approximate surface area is 418 Å². The molecule has 4 aliphatic rings. The highest BCUT2D eigenvalue weighted by molar-refractivity contribution is 6.39. The summed E-state index contributed by atoms with van der Waals surface area (Å²) in [5.74, 6) is -8.84. The van der Waals surface area contributed by atoms with Crippen molar-refractivity contribution in [2.45, 2.75) is 192 Å². The van der Waals surface area contributed by atoms with Gasteiger partial charge in [0.15, 0.2) is 5.78 Å². The van der Waals surface area contributed by atoms with Crippen molar-refractivity contribution in [2.75, 3.05) is 27.9 Å². The number of hydrogen-bond acceptors (Lipinski definition) is 17. The number of aromatic nitrogens is 4.